The highest BCUT2D eigenvalue weighted by Crippen LogP contribution is 2.25. The van der Waals surface area contributed by atoms with Gasteiger partial charge in [-0.25, -0.2) is 4.79 Å². The van der Waals surface area contributed by atoms with Crippen molar-refractivity contribution in [3.63, 3.8) is 0 Å². The van der Waals surface area contributed by atoms with E-state index in [0.717, 1.165) is 38.5 Å². The SMILES string of the molecule is CCCCCCCC[C@H](C)[C@@H]1OC(=O)[C@H](CO)NC(=O)[C@H](C(=O)c2c[nH]c3ccccc23)NC(=O)[C@@H](CCC(=O)O)NC(=O)[C@H]1C. The van der Waals surface area contributed by atoms with Crippen molar-refractivity contribution >= 4 is 46.3 Å². The van der Waals surface area contributed by atoms with Crippen molar-refractivity contribution in [2.45, 2.75) is 103 Å². The van der Waals surface area contributed by atoms with E-state index < -0.39 is 78.6 Å². The summed E-state index contributed by atoms with van der Waals surface area (Å²) in [6.07, 6.45) is 6.43. The molecule has 6 atom stereocenters. The second-order valence-electron chi connectivity index (χ2n) is 12.0. The van der Waals surface area contributed by atoms with Crippen LogP contribution in [-0.2, 0) is 28.7 Å². The summed E-state index contributed by atoms with van der Waals surface area (Å²) in [7, 11) is 0. The van der Waals surface area contributed by atoms with Gasteiger partial charge in [0.25, 0.3) is 5.91 Å². The molecule has 1 fully saturated rings. The van der Waals surface area contributed by atoms with Gasteiger partial charge in [0.15, 0.2) is 17.9 Å². The Morgan fingerprint density at radius 2 is 1.59 bits per heavy atom. The van der Waals surface area contributed by atoms with Crippen molar-refractivity contribution in [2.75, 3.05) is 6.61 Å². The molecule has 1 aliphatic heterocycles. The maximum absolute atomic E-state index is 13.8. The molecule has 1 aromatic heterocycles. The molecule has 0 radical (unpaired) electrons. The number of aliphatic hydroxyl groups excluding tert-OH is 1. The number of aromatic amines is 1. The predicted octanol–water partition coefficient (Wildman–Crippen LogP) is 2.61. The van der Waals surface area contributed by atoms with Crippen molar-refractivity contribution in [3.8, 4) is 0 Å². The molecule has 2 aromatic rings. The van der Waals surface area contributed by atoms with Crippen LogP contribution in [0.5, 0.6) is 0 Å². The van der Waals surface area contributed by atoms with Crippen LogP contribution in [0.2, 0.25) is 0 Å². The third kappa shape index (κ3) is 9.62. The number of carbonyl (C=O) groups is 6. The van der Waals surface area contributed by atoms with E-state index in [1.165, 1.54) is 13.1 Å². The number of ether oxygens (including phenoxy) is 1. The van der Waals surface area contributed by atoms with Gasteiger partial charge < -0.3 is 35.9 Å². The number of nitrogens with one attached hydrogen (secondary N) is 4. The standard InChI is InChI=1S/C33H46N4O9/c1-4-5-6-7-8-9-12-19(2)29-20(3)30(42)35-24(15-16-26(39)40)31(43)37-27(32(44)36-25(18-38)33(45)46-29)28(41)22-17-34-23-14-11-10-13-21(22)23/h10-11,13-14,17,19-20,24-25,27,29,34,38H,4-9,12,15-16,18H2,1-3H3,(H,35,42)(H,36,44)(H,37,43)(H,39,40)/t19-,20-,24+,25-,27-,29-/m0/s1. The number of hydrogen-bond donors (Lipinski definition) is 6. The number of H-pyrrole nitrogens is 1. The zero-order valence-corrected chi connectivity index (χ0v) is 26.7. The summed E-state index contributed by atoms with van der Waals surface area (Å²) in [5.74, 6) is -7.04. The number of ketones is 1. The number of amides is 3. The van der Waals surface area contributed by atoms with E-state index in [4.69, 9.17) is 4.74 Å². The van der Waals surface area contributed by atoms with Crippen molar-refractivity contribution in [3.05, 3.63) is 36.0 Å². The molecule has 1 aliphatic rings. The Kier molecular flexibility index (Phi) is 13.7. The fourth-order valence-corrected chi connectivity index (χ4v) is 5.69. The van der Waals surface area contributed by atoms with E-state index in [1.807, 2.05) is 6.92 Å². The smallest absolute Gasteiger partial charge is 0.331 e. The van der Waals surface area contributed by atoms with Crippen molar-refractivity contribution in [1.82, 2.24) is 20.9 Å². The molecule has 13 heteroatoms. The normalized spacial score (nSPS) is 23.6. The molecule has 3 rings (SSSR count). The van der Waals surface area contributed by atoms with E-state index in [0.29, 0.717) is 17.3 Å². The number of rotatable bonds is 14. The zero-order chi connectivity index (χ0) is 33.8. The van der Waals surface area contributed by atoms with Gasteiger partial charge in [0, 0.05) is 29.1 Å². The van der Waals surface area contributed by atoms with Crippen LogP contribution < -0.4 is 16.0 Å². The van der Waals surface area contributed by atoms with Gasteiger partial charge in [-0.05, 0) is 24.8 Å². The van der Waals surface area contributed by atoms with E-state index in [1.54, 1.807) is 24.3 Å². The maximum atomic E-state index is 13.8. The van der Waals surface area contributed by atoms with Crippen LogP contribution in [-0.4, -0.2) is 81.5 Å². The number of esters is 1. The molecule has 1 aromatic carbocycles. The molecule has 0 bridgehead atoms. The third-order valence-corrected chi connectivity index (χ3v) is 8.46. The van der Waals surface area contributed by atoms with Crippen LogP contribution in [0.3, 0.4) is 0 Å². The van der Waals surface area contributed by atoms with Crippen LogP contribution in [0.15, 0.2) is 30.5 Å². The Balaban J connectivity index is 1.95. The first-order valence-electron chi connectivity index (χ1n) is 16.0. The van der Waals surface area contributed by atoms with Crippen molar-refractivity contribution in [1.29, 1.82) is 0 Å². The highest BCUT2D eigenvalue weighted by molar-refractivity contribution is 6.20. The molecule has 1 saturated heterocycles. The van der Waals surface area contributed by atoms with E-state index in [-0.39, 0.29) is 17.9 Å². The number of hydrogen-bond acceptors (Lipinski definition) is 8. The zero-order valence-electron chi connectivity index (χ0n) is 26.7. The van der Waals surface area contributed by atoms with Crippen molar-refractivity contribution in [2.24, 2.45) is 11.8 Å². The molecule has 46 heavy (non-hydrogen) atoms. The third-order valence-electron chi connectivity index (χ3n) is 8.46. The molecule has 2 heterocycles. The molecular weight excluding hydrogens is 596 g/mol. The van der Waals surface area contributed by atoms with Gasteiger partial charge in [-0.3, -0.25) is 24.0 Å². The largest absolute Gasteiger partial charge is 0.481 e. The Hall–Kier alpha value is -4.26. The van der Waals surface area contributed by atoms with E-state index >= 15 is 0 Å². The lowest BCUT2D eigenvalue weighted by Gasteiger charge is -2.31. The Morgan fingerprint density at radius 3 is 2.28 bits per heavy atom. The minimum Gasteiger partial charge on any atom is -0.481 e. The number of Topliss-reactive ketones (excluding diaryl/α,β-unsaturated/α-hetero) is 1. The number of carboxylic acids is 1. The molecule has 3 amide bonds. The lowest BCUT2D eigenvalue weighted by molar-refractivity contribution is -0.161. The van der Waals surface area contributed by atoms with Gasteiger partial charge >= 0.3 is 11.9 Å². The number of carbonyl (C=O) groups excluding carboxylic acids is 5. The summed E-state index contributed by atoms with van der Waals surface area (Å²) in [6.45, 7) is 4.64. The number of unbranched alkanes of at least 4 members (excludes halogenated alkanes) is 5. The first-order chi connectivity index (χ1) is 22.0. The van der Waals surface area contributed by atoms with Gasteiger partial charge in [-0.15, -0.1) is 0 Å². The summed E-state index contributed by atoms with van der Waals surface area (Å²) in [5, 5.41) is 27.1. The van der Waals surface area contributed by atoms with Crippen LogP contribution in [0.25, 0.3) is 10.9 Å². The molecule has 13 nitrogen and oxygen atoms in total. The van der Waals surface area contributed by atoms with Gasteiger partial charge in [0.2, 0.25) is 11.8 Å². The minimum atomic E-state index is -1.89. The average molecular weight is 643 g/mol. The van der Waals surface area contributed by atoms with Crippen molar-refractivity contribution < 1.29 is 43.7 Å². The highest BCUT2D eigenvalue weighted by Gasteiger charge is 2.40. The summed E-state index contributed by atoms with van der Waals surface area (Å²) in [6, 6.07) is 1.90. The molecule has 0 saturated carbocycles. The highest BCUT2D eigenvalue weighted by atomic mass is 16.5. The Morgan fingerprint density at radius 1 is 0.913 bits per heavy atom. The summed E-state index contributed by atoms with van der Waals surface area (Å²) < 4.78 is 5.78. The Labute approximate surface area is 268 Å². The number of para-hydroxylation sites is 1. The van der Waals surface area contributed by atoms with Crippen LogP contribution in [0, 0.1) is 11.8 Å². The average Bonchev–Trinajstić information content (AvgIpc) is 3.47. The quantitative estimate of drug-likeness (QED) is 0.0775. The number of carboxylic acid groups (broad SMARTS) is 1. The Bertz CT molecular complexity index is 1390. The summed E-state index contributed by atoms with van der Waals surface area (Å²) in [4.78, 5) is 82.0. The van der Waals surface area contributed by atoms with Crippen LogP contribution in [0.4, 0.5) is 0 Å². The second-order valence-corrected chi connectivity index (χ2v) is 12.0. The lowest BCUT2D eigenvalue weighted by atomic mass is 9.88. The first-order valence-corrected chi connectivity index (χ1v) is 16.0. The molecule has 252 valence electrons. The molecule has 0 unspecified atom stereocenters. The molecule has 0 aliphatic carbocycles. The fourth-order valence-electron chi connectivity index (χ4n) is 5.69. The first kappa shape index (κ1) is 36.2. The lowest BCUT2D eigenvalue weighted by Crippen LogP contribution is -2.58. The molecular formula is C33H46N4O9. The molecule has 6 N–H and O–H groups in total. The van der Waals surface area contributed by atoms with Gasteiger partial charge in [-0.2, -0.15) is 0 Å². The minimum absolute atomic E-state index is 0.0758. The topological polar surface area (TPSA) is 204 Å². The maximum Gasteiger partial charge on any atom is 0.331 e. The number of aliphatic hydroxyl groups is 1. The van der Waals surface area contributed by atoms with Crippen LogP contribution in [0.1, 0.15) is 88.9 Å². The van der Waals surface area contributed by atoms with E-state index in [2.05, 4.69) is 27.9 Å². The summed E-state index contributed by atoms with van der Waals surface area (Å²) >= 11 is 0. The molecule has 0 spiro atoms. The second kappa shape index (κ2) is 17.4. The fraction of sp³-hybridized carbons (Fsp3) is 0.576. The van der Waals surface area contributed by atoms with Gasteiger partial charge in [0.1, 0.15) is 12.1 Å². The number of aromatic nitrogens is 1. The summed E-state index contributed by atoms with van der Waals surface area (Å²) in [5.41, 5.74) is 0.674. The monoisotopic (exact) mass is 642 g/mol. The van der Waals surface area contributed by atoms with Gasteiger partial charge in [0.05, 0.1) is 12.5 Å². The van der Waals surface area contributed by atoms with Gasteiger partial charge in [-0.1, -0.05) is 77.5 Å². The number of cyclic esters (lactones) is 1. The number of benzene rings is 1. The van der Waals surface area contributed by atoms with Crippen LogP contribution >= 0.6 is 0 Å². The number of fused-ring (bicyclic) bond motifs is 1. The predicted molar refractivity (Wildman–Crippen MR) is 169 cm³/mol. The van der Waals surface area contributed by atoms with E-state index in [9.17, 15) is 39.0 Å². The number of aliphatic carboxylic acids is 1.